The van der Waals surface area contributed by atoms with Crippen LogP contribution in [0.3, 0.4) is 0 Å². The zero-order valence-corrected chi connectivity index (χ0v) is 12.9. The van der Waals surface area contributed by atoms with Gasteiger partial charge in [-0.05, 0) is 49.2 Å². The Balaban J connectivity index is 2.06. The van der Waals surface area contributed by atoms with Crippen molar-refractivity contribution in [2.75, 3.05) is 13.2 Å². The van der Waals surface area contributed by atoms with Gasteiger partial charge in [-0.2, -0.15) is 0 Å². The molecule has 4 nitrogen and oxygen atoms in total. The van der Waals surface area contributed by atoms with Crippen LogP contribution >= 0.6 is 0 Å². The summed E-state index contributed by atoms with van der Waals surface area (Å²) < 4.78 is 10.5. The van der Waals surface area contributed by atoms with Gasteiger partial charge in [-0.1, -0.05) is 24.3 Å². The molecule has 116 valence electrons. The average molecular weight is 299 g/mol. The maximum Gasteiger partial charge on any atom is 0.338 e. The number of esters is 1. The van der Waals surface area contributed by atoms with E-state index in [0.717, 1.165) is 16.9 Å². The molecule has 2 aromatic rings. The number of benzene rings is 2. The second-order valence-electron chi connectivity index (χ2n) is 5.11. The summed E-state index contributed by atoms with van der Waals surface area (Å²) in [5.74, 6) is 0.498. The van der Waals surface area contributed by atoms with E-state index < -0.39 is 0 Å². The maximum atomic E-state index is 11.6. The van der Waals surface area contributed by atoms with Crippen molar-refractivity contribution in [3.63, 3.8) is 0 Å². The quantitative estimate of drug-likeness (QED) is 0.832. The highest BCUT2D eigenvalue weighted by Crippen LogP contribution is 2.23. The van der Waals surface area contributed by atoms with Gasteiger partial charge in [0.1, 0.15) is 12.4 Å². The van der Waals surface area contributed by atoms with E-state index in [1.54, 1.807) is 19.1 Å². The first kappa shape index (κ1) is 16.0. The molecular weight excluding hydrogens is 278 g/mol. The molecule has 0 amide bonds. The molecule has 0 spiro atoms. The summed E-state index contributed by atoms with van der Waals surface area (Å²) in [6.45, 7) is 4.57. The van der Waals surface area contributed by atoms with E-state index in [4.69, 9.17) is 15.2 Å². The fourth-order valence-corrected chi connectivity index (χ4v) is 1.98. The van der Waals surface area contributed by atoms with E-state index in [0.29, 0.717) is 18.8 Å². The van der Waals surface area contributed by atoms with Crippen molar-refractivity contribution in [3.05, 3.63) is 54.1 Å². The van der Waals surface area contributed by atoms with Crippen LogP contribution in [0.1, 0.15) is 24.2 Å². The highest BCUT2D eigenvalue weighted by Gasteiger charge is 2.06. The summed E-state index contributed by atoms with van der Waals surface area (Å²) in [6.07, 6.45) is 0. The van der Waals surface area contributed by atoms with Gasteiger partial charge in [-0.3, -0.25) is 0 Å². The van der Waals surface area contributed by atoms with Gasteiger partial charge in [0.15, 0.2) is 0 Å². The SMILES string of the molecule is CCOC(=O)c1ccc(-c2ccc(OC[C@@H](C)N)cc2)cc1. The van der Waals surface area contributed by atoms with Crippen LogP contribution in [0, 0.1) is 0 Å². The van der Waals surface area contributed by atoms with Crippen LogP contribution in [-0.2, 0) is 4.74 Å². The largest absolute Gasteiger partial charge is 0.492 e. The fourth-order valence-electron chi connectivity index (χ4n) is 1.98. The minimum Gasteiger partial charge on any atom is -0.492 e. The predicted molar refractivity (Wildman–Crippen MR) is 87.0 cm³/mol. The Morgan fingerprint density at radius 1 is 1.05 bits per heavy atom. The van der Waals surface area contributed by atoms with E-state index in [9.17, 15) is 4.79 Å². The first-order valence-corrected chi connectivity index (χ1v) is 7.36. The second-order valence-corrected chi connectivity index (χ2v) is 5.11. The lowest BCUT2D eigenvalue weighted by atomic mass is 10.0. The zero-order chi connectivity index (χ0) is 15.9. The number of rotatable bonds is 6. The van der Waals surface area contributed by atoms with Crippen LogP contribution in [-0.4, -0.2) is 25.2 Å². The van der Waals surface area contributed by atoms with Crippen LogP contribution in [0.5, 0.6) is 5.75 Å². The van der Waals surface area contributed by atoms with Crippen molar-refractivity contribution >= 4 is 5.97 Å². The molecule has 1 atom stereocenters. The minimum atomic E-state index is -0.297. The molecule has 0 aliphatic rings. The van der Waals surface area contributed by atoms with E-state index in [2.05, 4.69) is 0 Å². The third kappa shape index (κ3) is 4.33. The standard InChI is InChI=1S/C18H21NO3/c1-3-21-18(20)16-6-4-14(5-7-16)15-8-10-17(11-9-15)22-12-13(2)19/h4-11,13H,3,12,19H2,1-2H3/t13-/m1/s1. The highest BCUT2D eigenvalue weighted by molar-refractivity contribution is 5.90. The van der Waals surface area contributed by atoms with E-state index in [1.165, 1.54) is 0 Å². The van der Waals surface area contributed by atoms with Crippen molar-refractivity contribution in [1.29, 1.82) is 0 Å². The van der Waals surface area contributed by atoms with Gasteiger partial charge in [0.25, 0.3) is 0 Å². The molecule has 0 heterocycles. The van der Waals surface area contributed by atoms with Gasteiger partial charge in [-0.25, -0.2) is 4.79 Å². The van der Waals surface area contributed by atoms with Gasteiger partial charge in [0.05, 0.1) is 12.2 Å². The predicted octanol–water partition coefficient (Wildman–Crippen LogP) is 3.26. The lowest BCUT2D eigenvalue weighted by Gasteiger charge is -2.09. The van der Waals surface area contributed by atoms with Crippen LogP contribution in [0.25, 0.3) is 11.1 Å². The van der Waals surface area contributed by atoms with E-state index in [1.807, 2.05) is 43.3 Å². The second kappa shape index (κ2) is 7.61. The van der Waals surface area contributed by atoms with Gasteiger partial charge < -0.3 is 15.2 Å². The molecule has 0 unspecified atom stereocenters. The molecule has 0 saturated heterocycles. The average Bonchev–Trinajstić information content (AvgIpc) is 2.54. The van der Waals surface area contributed by atoms with E-state index >= 15 is 0 Å². The number of nitrogens with two attached hydrogens (primary N) is 1. The Bertz CT molecular complexity index is 603. The molecular formula is C18H21NO3. The molecule has 0 aliphatic heterocycles. The molecule has 0 aliphatic carbocycles. The molecule has 22 heavy (non-hydrogen) atoms. The van der Waals surface area contributed by atoms with Gasteiger partial charge >= 0.3 is 5.97 Å². The topological polar surface area (TPSA) is 61.5 Å². The van der Waals surface area contributed by atoms with Crippen molar-refractivity contribution in [3.8, 4) is 16.9 Å². The van der Waals surface area contributed by atoms with Crippen molar-refractivity contribution < 1.29 is 14.3 Å². The lowest BCUT2D eigenvalue weighted by Crippen LogP contribution is -2.23. The zero-order valence-electron chi connectivity index (χ0n) is 12.9. The van der Waals surface area contributed by atoms with Gasteiger partial charge in [0.2, 0.25) is 0 Å². The highest BCUT2D eigenvalue weighted by atomic mass is 16.5. The Labute approximate surface area is 130 Å². The molecule has 0 bridgehead atoms. The number of ether oxygens (including phenoxy) is 2. The third-order valence-electron chi connectivity index (χ3n) is 3.10. The molecule has 2 N–H and O–H groups in total. The molecule has 0 saturated carbocycles. The van der Waals surface area contributed by atoms with Gasteiger partial charge in [-0.15, -0.1) is 0 Å². The Morgan fingerprint density at radius 3 is 2.09 bits per heavy atom. The van der Waals surface area contributed by atoms with Crippen molar-refractivity contribution in [2.45, 2.75) is 19.9 Å². The number of carbonyl (C=O) groups is 1. The monoisotopic (exact) mass is 299 g/mol. The number of hydrogen-bond acceptors (Lipinski definition) is 4. The molecule has 0 fully saturated rings. The van der Waals surface area contributed by atoms with Crippen LogP contribution < -0.4 is 10.5 Å². The molecule has 2 aromatic carbocycles. The molecule has 0 aromatic heterocycles. The fraction of sp³-hybridized carbons (Fsp3) is 0.278. The first-order valence-electron chi connectivity index (χ1n) is 7.36. The molecule has 2 rings (SSSR count). The minimum absolute atomic E-state index is 0.00935. The smallest absolute Gasteiger partial charge is 0.338 e. The van der Waals surface area contributed by atoms with Crippen molar-refractivity contribution in [1.82, 2.24) is 0 Å². The van der Waals surface area contributed by atoms with Crippen LogP contribution in [0.4, 0.5) is 0 Å². The Kier molecular flexibility index (Phi) is 5.55. The Morgan fingerprint density at radius 2 is 1.59 bits per heavy atom. The van der Waals surface area contributed by atoms with Crippen LogP contribution in [0.15, 0.2) is 48.5 Å². The maximum absolute atomic E-state index is 11.6. The summed E-state index contributed by atoms with van der Waals surface area (Å²) >= 11 is 0. The molecule has 0 radical (unpaired) electrons. The molecule has 4 heteroatoms. The summed E-state index contributed by atoms with van der Waals surface area (Å²) in [4.78, 5) is 11.6. The van der Waals surface area contributed by atoms with Gasteiger partial charge in [0, 0.05) is 6.04 Å². The summed E-state index contributed by atoms with van der Waals surface area (Å²) in [7, 11) is 0. The lowest BCUT2D eigenvalue weighted by molar-refractivity contribution is 0.0526. The summed E-state index contributed by atoms with van der Waals surface area (Å²) in [5.41, 5.74) is 8.31. The summed E-state index contributed by atoms with van der Waals surface area (Å²) in [6, 6.07) is 15.2. The Hall–Kier alpha value is -2.33. The number of hydrogen-bond donors (Lipinski definition) is 1. The first-order chi connectivity index (χ1) is 10.6. The van der Waals surface area contributed by atoms with E-state index in [-0.39, 0.29) is 12.0 Å². The summed E-state index contributed by atoms with van der Waals surface area (Å²) in [5, 5.41) is 0. The normalized spacial score (nSPS) is 11.8. The van der Waals surface area contributed by atoms with Crippen LogP contribution in [0.2, 0.25) is 0 Å². The van der Waals surface area contributed by atoms with Crippen molar-refractivity contribution in [2.24, 2.45) is 5.73 Å². The third-order valence-corrected chi connectivity index (χ3v) is 3.10. The number of carbonyl (C=O) groups excluding carboxylic acids is 1.